The first-order valence-corrected chi connectivity index (χ1v) is 19.5. The number of rotatable bonds is 0. The summed E-state index contributed by atoms with van der Waals surface area (Å²) < 4.78 is 6.40. The maximum absolute atomic E-state index is 9.37. The Balaban J connectivity index is 0.000000380. The fourth-order valence-corrected chi connectivity index (χ4v) is 5.04. The molecule has 3 nitrogen and oxygen atoms in total. The lowest BCUT2D eigenvalue weighted by Gasteiger charge is -2.23. The summed E-state index contributed by atoms with van der Waals surface area (Å²) in [6.45, 7) is 20.8. The summed E-state index contributed by atoms with van der Waals surface area (Å²) in [7, 11) is 0. The highest BCUT2D eigenvalue weighted by atomic mass is 16.5. The van der Waals surface area contributed by atoms with Crippen LogP contribution in [0.1, 0.15) is 99.6 Å². The third-order valence-corrected chi connectivity index (χ3v) is 7.03. The van der Waals surface area contributed by atoms with E-state index in [1.165, 1.54) is 51.9 Å². The number of hydrogen-bond acceptors (Lipinski definition) is 3. The lowest BCUT2D eigenvalue weighted by Crippen LogP contribution is -2.04. The zero-order chi connectivity index (χ0) is 39.4. The van der Waals surface area contributed by atoms with Gasteiger partial charge in [-0.25, -0.2) is 0 Å². The number of benzene rings is 7. The van der Waals surface area contributed by atoms with E-state index in [2.05, 4.69) is 114 Å². The van der Waals surface area contributed by atoms with Crippen molar-refractivity contribution in [3.8, 4) is 23.0 Å². The zero-order valence-electron chi connectivity index (χ0n) is 34.0. The number of para-hydroxylation sites is 1. The van der Waals surface area contributed by atoms with Gasteiger partial charge in [-0.1, -0.05) is 216 Å². The number of hydrogen-bond donors (Lipinski definition) is 2. The molecule has 0 radical (unpaired) electrons. The van der Waals surface area contributed by atoms with Crippen molar-refractivity contribution in [3.05, 3.63) is 157 Å². The van der Waals surface area contributed by atoms with Crippen molar-refractivity contribution in [2.45, 2.75) is 94.9 Å². The highest BCUT2D eigenvalue weighted by Crippen LogP contribution is 2.44. The molecule has 0 amide bonds. The molecule has 0 saturated carbocycles. The SMILES string of the molecule is CC.CC.CCC.CCC.CCC.Oc1cccc2ccccc12.Oc1ccccc1.c1ccc2c3c(ccc2c1)Cc1ccc2ccccc2c1O3. The van der Waals surface area contributed by atoms with Crippen LogP contribution in [0.25, 0.3) is 32.3 Å². The summed E-state index contributed by atoms with van der Waals surface area (Å²) in [5.41, 5.74) is 2.53. The van der Waals surface area contributed by atoms with Gasteiger partial charge in [0, 0.05) is 22.6 Å². The average molecular weight is 713 g/mol. The second kappa shape index (κ2) is 27.4. The minimum Gasteiger partial charge on any atom is -0.508 e. The molecule has 282 valence electrons. The van der Waals surface area contributed by atoms with Crippen molar-refractivity contribution in [2.24, 2.45) is 0 Å². The third-order valence-electron chi connectivity index (χ3n) is 7.03. The predicted molar refractivity (Wildman–Crippen MR) is 235 cm³/mol. The standard InChI is InChI=1S/C21H14O.C10H8O.C6H6O.3C3H8.2C2H6/c1-3-7-18-14(5-1)9-11-16-13-17-12-10-15-6-2-4-8-19(15)21(17)22-20(16)18;11-10-7-3-5-8-4-1-2-6-9(8)10;7-6-4-2-1-3-5-6;3*1-3-2;2*1-2/h1-12H,13H2;1-7,11H;1-5,7H;3*3H2,1-2H3;2*1-2H3. The molecule has 0 bridgehead atoms. The van der Waals surface area contributed by atoms with Gasteiger partial charge in [-0.05, 0) is 45.5 Å². The summed E-state index contributed by atoms with van der Waals surface area (Å²) in [6.07, 6.45) is 4.68. The molecule has 0 unspecified atom stereocenters. The first-order chi connectivity index (χ1) is 25.9. The van der Waals surface area contributed by atoms with Crippen molar-refractivity contribution < 1.29 is 14.9 Å². The first-order valence-electron chi connectivity index (χ1n) is 19.5. The van der Waals surface area contributed by atoms with E-state index in [0.717, 1.165) is 28.7 Å². The van der Waals surface area contributed by atoms with Gasteiger partial charge in [-0.3, -0.25) is 0 Å². The van der Waals surface area contributed by atoms with E-state index < -0.39 is 0 Å². The summed E-state index contributed by atoms with van der Waals surface area (Å²) in [6, 6.07) is 47.6. The van der Waals surface area contributed by atoms with Crippen LogP contribution in [0.3, 0.4) is 0 Å². The fraction of sp³-hybridized carbons (Fsp3) is 0.280. The Kier molecular flexibility index (Phi) is 23.6. The molecule has 7 aromatic rings. The molecule has 0 saturated heterocycles. The van der Waals surface area contributed by atoms with E-state index in [1.54, 1.807) is 30.3 Å². The van der Waals surface area contributed by atoms with Crippen LogP contribution in [0, 0.1) is 0 Å². The Hall–Kier alpha value is -5.28. The summed E-state index contributed by atoms with van der Waals surface area (Å²) in [4.78, 5) is 0. The third kappa shape index (κ3) is 14.7. The molecule has 0 fully saturated rings. The molecule has 7 aromatic carbocycles. The molecule has 1 aliphatic heterocycles. The van der Waals surface area contributed by atoms with E-state index in [4.69, 9.17) is 9.84 Å². The number of aromatic hydroxyl groups is 2. The van der Waals surface area contributed by atoms with Crippen molar-refractivity contribution >= 4 is 32.3 Å². The van der Waals surface area contributed by atoms with Crippen molar-refractivity contribution in [3.63, 3.8) is 0 Å². The van der Waals surface area contributed by atoms with Crippen LogP contribution in [0.4, 0.5) is 0 Å². The van der Waals surface area contributed by atoms with E-state index in [9.17, 15) is 5.11 Å². The molecular formula is C50H64O3. The highest BCUT2D eigenvalue weighted by molar-refractivity contribution is 5.94. The van der Waals surface area contributed by atoms with Crippen LogP contribution in [0.5, 0.6) is 23.0 Å². The van der Waals surface area contributed by atoms with Gasteiger partial charge < -0.3 is 14.9 Å². The van der Waals surface area contributed by atoms with E-state index in [1.807, 2.05) is 70.2 Å². The molecule has 53 heavy (non-hydrogen) atoms. The second-order valence-electron chi connectivity index (χ2n) is 11.8. The van der Waals surface area contributed by atoms with E-state index in [-0.39, 0.29) is 0 Å². The molecule has 0 spiro atoms. The molecular weight excluding hydrogens is 649 g/mol. The van der Waals surface area contributed by atoms with Crippen LogP contribution >= 0.6 is 0 Å². The highest BCUT2D eigenvalue weighted by Gasteiger charge is 2.20. The van der Waals surface area contributed by atoms with Gasteiger partial charge >= 0.3 is 0 Å². The monoisotopic (exact) mass is 712 g/mol. The molecule has 1 aliphatic rings. The van der Waals surface area contributed by atoms with Crippen LogP contribution in [0.15, 0.2) is 146 Å². The van der Waals surface area contributed by atoms with Crippen molar-refractivity contribution in [2.75, 3.05) is 0 Å². The lowest BCUT2D eigenvalue weighted by atomic mass is 9.94. The molecule has 8 rings (SSSR count). The maximum atomic E-state index is 9.37. The Bertz CT molecular complexity index is 1890. The van der Waals surface area contributed by atoms with Gasteiger partial charge in [0.15, 0.2) is 0 Å². The maximum Gasteiger partial charge on any atom is 0.138 e. The van der Waals surface area contributed by atoms with Crippen LogP contribution in [-0.4, -0.2) is 10.2 Å². The molecule has 3 heteroatoms. The Morgan fingerprint density at radius 2 is 0.736 bits per heavy atom. The van der Waals surface area contributed by atoms with Gasteiger partial charge in [0.1, 0.15) is 23.0 Å². The largest absolute Gasteiger partial charge is 0.508 e. The molecule has 0 atom stereocenters. The number of phenols is 2. The van der Waals surface area contributed by atoms with Gasteiger partial charge in [0.2, 0.25) is 0 Å². The molecule has 1 heterocycles. The second-order valence-corrected chi connectivity index (χ2v) is 11.8. The van der Waals surface area contributed by atoms with Gasteiger partial charge in [0.25, 0.3) is 0 Å². The first kappa shape index (κ1) is 45.7. The average Bonchev–Trinajstić information content (AvgIpc) is 3.21. The molecule has 0 aliphatic carbocycles. The zero-order valence-corrected chi connectivity index (χ0v) is 34.0. The quantitative estimate of drug-likeness (QED) is 0.165. The van der Waals surface area contributed by atoms with E-state index >= 15 is 0 Å². The lowest BCUT2D eigenvalue weighted by molar-refractivity contribution is 0.471. The minimum absolute atomic E-state index is 0.322. The Morgan fingerprint density at radius 3 is 1.11 bits per heavy atom. The number of fused-ring (bicyclic) bond motifs is 7. The topological polar surface area (TPSA) is 49.7 Å². The summed E-state index contributed by atoms with van der Waals surface area (Å²) in [5.74, 6) is 2.70. The van der Waals surface area contributed by atoms with E-state index in [0.29, 0.717) is 11.5 Å². The van der Waals surface area contributed by atoms with Crippen LogP contribution in [0.2, 0.25) is 0 Å². The number of ether oxygens (including phenoxy) is 1. The molecule has 0 aromatic heterocycles. The van der Waals surface area contributed by atoms with Crippen LogP contribution in [-0.2, 0) is 6.42 Å². The van der Waals surface area contributed by atoms with Crippen LogP contribution < -0.4 is 4.74 Å². The van der Waals surface area contributed by atoms with Crippen molar-refractivity contribution in [1.82, 2.24) is 0 Å². The summed E-state index contributed by atoms with van der Waals surface area (Å²) in [5, 5.41) is 24.8. The Morgan fingerprint density at radius 1 is 0.396 bits per heavy atom. The van der Waals surface area contributed by atoms with Crippen molar-refractivity contribution in [1.29, 1.82) is 0 Å². The number of phenolic OH excluding ortho intramolecular Hbond substituents is 2. The van der Waals surface area contributed by atoms with Gasteiger partial charge in [0.05, 0.1) is 0 Å². The minimum atomic E-state index is 0.322. The van der Waals surface area contributed by atoms with Gasteiger partial charge in [-0.15, -0.1) is 0 Å². The smallest absolute Gasteiger partial charge is 0.138 e. The predicted octanol–water partition coefficient (Wildman–Crippen LogP) is 15.9. The molecule has 2 N–H and O–H groups in total. The fourth-order valence-electron chi connectivity index (χ4n) is 5.04. The Labute approximate surface area is 320 Å². The summed E-state index contributed by atoms with van der Waals surface area (Å²) >= 11 is 0. The normalized spacial score (nSPS) is 9.77. The van der Waals surface area contributed by atoms with Gasteiger partial charge in [-0.2, -0.15) is 0 Å².